The second kappa shape index (κ2) is 7.00. The maximum Gasteiger partial charge on any atom is 0.219 e. The van der Waals surface area contributed by atoms with Crippen LogP contribution in [0.4, 0.5) is 8.78 Å². The van der Waals surface area contributed by atoms with Crippen molar-refractivity contribution in [1.29, 1.82) is 0 Å². The van der Waals surface area contributed by atoms with E-state index in [0.29, 0.717) is 29.7 Å². The minimum atomic E-state index is -1.37. The first kappa shape index (κ1) is 18.9. The fourth-order valence-corrected chi connectivity index (χ4v) is 4.37. The molecule has 5 rings (SSSR count). The molecule has 3 heterocycles. The molecule has 5 nitrogen and oxygen atoms in total. The van der Waals surface area contributed by atoms with E-state index in [2.05, 4.69) is 15.1 Å². The highest BCUT2D eigenvalue weighted by atomic mass is 19.1. The Morgan fingerprint density at radius 2 is 1.90 bits per heavy atom. The zero-order chi connectivity index (χ0) is 20.9. The number of aromatic nitrogens is 5. The summed E-state index contributed by atoms with van der Waals surface area (Å²) in [6, 6.07) is 9.61. The summed E-state index contributed by atoms with van der Waals surface area (Å²) in [6.07, 6.45) is 5.84. The van der Waals surface area contributed by atoms with Crippen LogP contribution in [0.2, 0.25) is 0 Å². The van der Waals surface area contributed by atoms with Gasteiger partial charge in [0.2, 0.25) is 5.95 Å². The second-order valence-electron chi connectivity index (χ2n) is 8.27. The van der Waals surface area contributed by atoms with Gasteiger partial charge in [-0.3, -0.25) is 4.98 Å². The van der Waals surface area contributed by atoms with E-state index in [0.717, 1.165) is 39.8 Å². The number of imidazole rings is 1. The summed E-state index contributed by atoms with van der Waals surface area (Å²) in [6.45, 7) is 1.85. The molecule has 0 spiro atoms. The third kappa shape index (κ3) is 3.18. The number of aryl methyl sites for hydroxylation is 2. The Labute approximate surface area is 173 Å². The van der Waals surface area contributed by atoms with Crippen LogP contribution in [0.3, 0.4) is 0 Å². The van der Waals surface area contributed by atoms with Crippen LogP contribution >= 0.6 is 0 Å². The summed E-state index contributed by atoms with van der Waals surface area (Å²) in [4.78, 5) is 9.11. The molecule has 3 aromatic heterocycles. The number of pyridine rings is 1. The molecular weight excluding hydrogens is 384 g/mol. The van der Waals surface area contributed by atoms with Gasteiger partial charge in [0.1, 0.15) is 5.67 Å². The summed E-state index contributed by atoms with van der Waals surface area (Å²) < 4.78 is 33.3. The van der Waals surface area contributed by atoms with Crippen LogP contribution in [-0.2, 0) is 13.6 Å². The zero-order valence-electron chi connectivity index (χ0n) is 17.1. The smallest absolute Gasteiger partial charge is 0.219 e. The van der Waals surface area contributed by atoms with Gasteiger partial charge in [-0.1, -0.05) is 25.0 Å². The fraction of sp³-hybridized carbons (Fsp3) is 0.348. The molecule has 0 unspecified atom stereocenters. The maximum atomic E-state index is 15.3. The maximum absolute atomic E-state index is 15.3. The van der Waals surface area contributed by atoms with Crippen LogP contribution in [-0.4, -0.2) is 30.0 Å². The van der Waals surface area contributed by atoms with Crippen LogP contribution in [0.1, 0.15) is 31.4 Å². The average molecular weight is 407 g/mol. The predicted molar refractivity (Wildman–Crippen MR) is 112 cm³/mol. The summed E-state index contributed by atoms with van der Waals surface area (Å²) in [5.74, 6) is -0.523. The standard InChI is InChI=1S/C23H23F2N5/c1-15-5-7-17(18-12-27-30(22(18)24)13-23(25)9-3-4-10-23)21(28-15)16-6-8-20-19(11-16)26-14-29(20)2/h5-8,11-12,14H,3-4,9-10,13H2,1-2H3. The molecule has 1 aliphatic carbocycles. The Bertz CT molecular complexity index is 1230. The monoisotopic (exact) mass is 407 g/mol. The highest BCUT2D eigenvalue weighted by Gasteiger charge is 2.35. The van der Waals surface area contributed by atoms with E-state index in [-0.39, 0.29) is 6.54 Å². The van der Waals surface area contributed by atoms with Crippen LogP contribution in [0.15, 0.2) is 42.9 Å². The van der Waals surface area contributed by atoms with E-state index in [1.165, 1.54) is 6.20 Å². The largest absolute Gasteiger partial charge is 0.334 e. The van der Waals surface area contributed by atoms with Gasteiger partial charge in [-0.25, -0.2) is 14.1 Å². The van der Waals surface area contributed by atoms with Crippen molar-refractivity contribution in [1.82, 2.24) is 24.3 Å². The van der Waals surface area contributed by atoms with Gasteiger partial charge >= 0.3 is 0 Å². The second-order valence-corrected chi connectivity index (χ2v) is 8.27. The van der Waals surface area contributed by atoms with E-state index in [1.807, 2.05) is 48.9 Å². The normalized spacial score (nSPS) is 15.9. The summed E-state index contributed by atoms with van der Waals surface area (Å²) in [7, 11) is 1.94. The lowest BCUT2D eigenvalue weighted by atomic mass is 10.0. The summed E-state index contributed by atoms with van der Waals surface area (Å²) in [5, 5.41) is 4.17. The number of halogens is 2. The Balaban J connectivity index is 1.58. The Morgan fingerprint density at radius 3 is 2.70 bits per heavy atom. The predicted octanol–water partition coefficient (Wildman–Crippen LogP) is 5.23. The van der Waals surface area contributed by atoms with Crippen LogP contribution in [0.25, 0.3) is 33.4 Å². The lowest BCUT2D eigenvalue weighted by Gasteiger charge is -2.18. The molecule has 0 aliphatic heterocycles. The Hall–Kier alpha value is -3.09. The van der Waals surface area contributed by atoms with E-state index < -0.39 is 11.6 Å². The molecule has 0 saturated heterocycles. The van der Waals surface area contributed by atoms with Crippen LogP contribution < -0.4 is 0 Å². The SMILES string of the molecule is Cc1ccc(-c2cnn(CC3(F)CCCC3)c2F)c(-c2ccc3c(c2)ncn3C)n1. The molecule has 1 aliphatic rings. The lowest BCUT2D eigenvalue weighted by molar-refractivity contribution is 0.132. The van der Waals surface area contributed by atoms with E-state index in [9.17, 15) is 4.39 Å². The number of alkyl halides is 1. The zero-order valence-corrected chi connectivity index (χ0v) is 17.1. The summed E-state index contributed by atoms with van der Waals surface area (Å²) in [5.41, 5.74) is 3.80. The lowest BCUT2D eigenvalue weighted by Crippen LogP contribution is -2.26. The molecule has 4 aromatic rings. The first-order valence-electron chi connectivity index (χ1n) is 10.2. The highest BCUT2D eigenvalue weighted by Crippen LogP contribution is 2.37. The molecule has 7 heteroatoms. The number of benzene rings is 1. The number of hydrogen-bond acceptors (Lipinski definition) is 3. The minimum absolute atomic E-state index is 0.0483. The molecule has 1 fully saturated rings. The molecule has 0 bridgehead atoms. The van der Waals surface area contributed by atoms with Gasteiger partial charge in [0.25, 0.3) is 0 Å². The van der Waals surface area contributed by atoms with Crippen molar-refractivity contribution in [3.05, 3.63) is 54.5 Å². The van der Waals surface area contributed by atoms with Gasteiger partial charge in [-0.05, 0) is 38.0 Å². The minimum Gasteiger partial charge on any atom is -0.334 e. The van der Waals surface area contributed by atoms with Gasteiger partial charge in [-0.15, -0.1) is 0 Å². The van der Waals surface area contributed by atoms with Gasteiger partial charge in [0.15, 0.2) is 0 Å². The van der Waals surface area contributed by atoms with Crippen molar-refractivity contribution >= 4 is 11.0 Å². The first-order valence-corrected chi connectivity index (χ1v) is 10.2. The Kier molecular flexibility index (Phi) is 4.41. The van der Waals surface area contributed by atoms with Gasteiger partial charge in [0, 0.05) is 23.9 Å². The number of hydrogen-bond donors (Lipinski definition) is 0. The molecular formula is C23H23F2N5. The van der Waals surface area contributed by atoms with Crippen molar-refractivity contribution in [2.24, 2.45) is 7.05 Å². The number of nitrogens with zero attached hydrogens (tertiary/aromatic N) is 5. The molecule has 0 amide bonds. The molecule has 0 N–H and O–H groups in total. The topological polar surface area (TPSA) is 48.5 Å². The molecule has 154 valence electrons. The van der Waals surface area contributed by atoms with Crippen LogP contribution in [0, 0.1) is 12.9 Å². The molecule has 0 radical (unpaired) electrons. The van der Waals surface area contributed by atoms with Crippen LogP contribution in [0.5, 0.6) is 0 Å². The van der Waals surface area contributed by atoms with Crippen molar-refractivity contribution < 1.29 is 8.78 Å². The Morgan fingerprint density at radius 1 is 1.10 bits per heavy atom. The fourth-order valence-electron chi connectivity index (χ4n) is 4.37. The number of fused-ring (bicyclic) bond motifs is 1. The first-order chi connectivity index (χ1) is 14.4. The van der Waals surface area contributed by atoms with E-state index >= 15 is 4.39 Å². The highest BCUT2D eigenvalue weighted by molar-refractivity contribution is 5.86. The van der Waals surface area contributed by atoms with Gasteiger partial charge in [-0.2, -0.15) is 9.49 Å². The molecule has 1 saturated carbocycles. The van der Waals surface area contributed by atoms with Crippen molar-refractivity contribution in [2.75, 3.05) is 0 Å². The van der Waals surface area contributed by atoms with Crippen molar-refractivity contribution in [3.63, 3.8) is 0 Å². The molecule has 1 aromatic carbocycles. The van der Waals surface area contributed by atoms with E-state index in [4.69, 9.17) is 0 Å². The average Bonchev–Trinajstić information content (AvgIpc) is 3.42. The van der Waals surface area contributed by atoms with Gasteiger partial charge < -0.3 is 4.57 Å². The van der Waals surface area contributed by atoms with Gasteiger partial charge in [0.05, 0.1) is 41.4 Å². The number of rotatable bonds is 4. The third-order valence-electron chi connectivity index (χ3n) is 6.03. The van der Waals surface area contributed by atoms with Crippen molar-refractivity contribution in [3.8, 4) is 22.4 Å². The summed E-state index contributed by atoms with van der Waals surface area (Å²) >= 11 is 0. The molecule has 30 heavy (non-hydrogen) atoms. The molecule has 0 atom stereocenters. The van der Waals surface area contributed by atoms with E-state index in [1.54, 1.807) is 6.33 Å². The van der Waals surface area contributed by atoms with Crippen molar-refractivity contribution in [2.45, 2.75) is 44.8 Å². The third-order valence-corrected chi connectivity index (χ3v) is 6.03. The quantitative estimate of drug-likeness (QED) is 0.465.